The Morgan fingerprint density at radius 1 is 1.50 bits per heavy atom. The first-order valence-electron chi connectivity index (χ1n) is 5.78. The summed E-state index contributed by atoms with van der Waals surface area (Å²) in [4.78, 5) is 0. The van der Waals surface area contributed by atoms with Crippen LogP contribution in [0, 0.1) is 0 Å². The molecule has 0 amide bonds. The zero-order valence-electron chi connectivity index (χ0n) is 9.89. The Balaban J connectivity index is 1.84. The fourth-order valence-electron chi connectivity index (χ4n) is 2.21. The number of halogens is 1. The van der Waals surface area contributed by atoms with Crippen LogP contribution in [0.4, 0.5) is 0 Å². The highest BCUT2D eigenvalue weighted by Gasteiger charge is 2.29. The van der Waals surface area contributed by atoms with E-state index >= 15 is 0 Å². The first-order chi connectivity index (χ1) is 7.55. The Hall–Kier alpha value is -0.380. The van der Waals surface area contributed by atoms with Gasteiger partial charge in [-0.1, -0.05) is 28.1 Å². The van der Waals surface area contributed by atoms with E-state index in [-0.39, 0.29) is 5.54 Å². The summed E-state index contributed by atoms with van der Waals surface area (Å²) in [6.07, 6.45) is 1.20. The molecule has 1 atom stereocenters. The van der Waals surface area contributed by atoms with Gasteiger partial charge in [-0.2, -0.15) is 0 Å². The summed E-state index contributed by atoms with van der Waals surface area (Å²) >= 11 is 3.49. The maximum absolute atomic E-state index is 3.60. The van der Waals surface area contributed by atoms with Crippen molar-refractivity contribution in [1.29, 1.82) is 0 Å². The molecule has 1 heterocycles. The van der Waals surface area contributed by atoms with Gasteiger partial charge in [0.2, 0.25) is 0 Å². The molecule has 0 radical (unpaired) electrons. The molecule has 88 valence electrons. The fourth-order valence-corrected chi connectivity index (χ4v) is 2.66. The minimum Gasteiger partial charge on any atom is -0.310 e. The van der Waals surface area contributed by atoms with Gasteiger partial charge in [-0.15, -0.1) is 0 Å². The second-order valence-corrected chi connectivity index (χ2v) is 6.09. The summed E-state index contributed by atoms with van der Waals surface area (Å²) in [5.41, 5.74) is 1.62. The molecule has 1 aromatic carbocycles. The number of hydrogen-bond donors (Lipinski definition) is 2. The molecule has 0 aliphatic carbocycles. The Bertz CT molecular complexity index is 363. The smallest absolute Gasteiger partial charge is 0.0213 e. The van der Waals surface area contributed by atoms with Crippen molar-refractivity contribution in [2.75, 3.05) is 6.54 Å². The second kappa shape index (κ2) is 4.86. The largest absolute Gasteiger partial charge is 0.310 e. The molecule has 3 heteroatoms. The molecule has 1 fully saturated rings. The molecule has 0 spiro atoms. The van der Waals surface area contributed by atoms with Crippen molar-refractivity contribution in [3.8, 4) is 0 Å². The number of benzene rings is 1. The molecule has 16 heavy (non-hydrogen) atoms. The molecule has 1 aliphatic heterocycles. The lowest BCUT2D eigenvalue weighted by Crippen LogP contribution is -2.31. The van der Waals surface area contributed by atoms with E-state index in [9.17, 15) is 0 Å². The van der Waals surface area contributed by atoms with E-state index in [0.29, 0.717) is 6.04 Å². The van der Waals surface area contributed by atoms with Crippen LogP contribution >= 0.6 is 15.9 Å². The van der Waals surface area contributed by atoms with E-state index in [1.165, 1.54) is 12.0 Å². The quantitative estimate of drug-likeness (QED) is 0.891. The van der Waals surface area contributed by atoms with E-state index < -0.39 is 0 Å². The SMILES string of the molecule is CC1(C)CC(NCc2cccc(Br)c2)CN1. The Kier molecular flexibility index (Phi) is 3.67. The summed E-state index contributed by atoms with van der Waals surface area (Å²) < 4.78 is 1.15. The molecular weight excluding hydrogens is 264 g/mol. The van der Waals surface area contributed by atoms with Gasteiger partial charge in [0, 0.05) is 29.1 Å². The van der Waals surface area contributed by atoms with Gasteiger partial charge in [-0.05, 0) is 38.0 Å². The normalized spacial score (nSPS) is 23.6. The molecule has 2 rings (SSSR count). The molecule has 0 saturated carbocycles. The minimum atomic E-state index is 0.287. The van der Waals surface area contributed by atoms with Crippen LogP contribution in [0.2, 0.25) is 0 Å². The molecular formula is C13H19BrN2. The van der Waals surface area contributed by atoms with Crippen LogP contribution in [-0.2, 0) is 6.54 Å². The fraction of sp³-hybridized carbons (Fsp3) is 0.538. The van der Waals surface area contributed by atoms with Gasteiger partial charge in [-0.3, -0.25) is 0 Å². The average Bonchev–Trinajstić information content (AvgIpc) is 2.56. The molecule has 1 aliphatic rings. The van der Waals surface area contributed by atoms with Crippen molar-refractivity contribution in [3.05, 3.63) is 34.3 Å². The topological polar surface area (TPSA) is 24.1 Å². The molecule has 2 N–H and O–H groups in total. The Morgan fingerprint density at radius 3 is 2.94 bits per heavy atom. The van der Waals surface area contributed by atoms with Crippen LogP contribution in [0.1, 0.15) is 25.8 Å². The summed E-state index contributed by atoms with van der Waals surface area (Å²) in [6, 6.07) is 9.06. The zero-order chi connectivity index (χ0) is 11.6. The highest BCUT2D eigenvalue weighted by Crippen LogP contribution is 2.18. The maximum Gasteiger partial charge on any atom is 0.0213 e. The van der Waals surface area contributed by atoms with Crippen molar-refractivity contribution in [2.24, 2.45) is 0 Å². The van der Waals surface area contributed by atoms with Crippen molar-refractivity contribution < 1.29 is 0 Å². The summed E-state index contributed by atoms with van der Waals surface area (Å²) in [5, 5.41) is 7.12. The van der Waals surface area contributed by atoms with Gasteiger partial charge in [0.25, 0.3) is 0 Å². The van der Waals surface area contributed by atoms with Gasteiger partial charge < -0.3 is 10.6 Å². The number of hydrogen-bond acceptors (Lipinski definition) is 2. The predicted octanol–water partition coefficient (Wildman–Crippen LogP) is 2.68. The minimum absolute atomic E-state index is 0.287. The number of nitrogens with one attached hydrogen (secondary N) is 2. The molecule has 1 aromatic rings. The predicted molar refractivity (Wildman–Crippen MR) is 71.5 cm³/mol. The third-order valence-corrected chi connectivity index (χ3v) is 3.56. The Labute approximate surface area is 106 Å². The zero-order valence-corrected chi connectivity index (χ0v) is 11.5. The van der Waals surface area contributed by atoms with Crippen molar-refractivity contribution in [2.45, 2.75) is 38.4 Å². The van der Waals surface area contributed by atoms with Gasteiger partial charge in [0.05, 0.1) is 0 Å². The van der Waals surface area contributed by atoms with Crippen LogP contribution in [0.3, 0.4) is 0 Å². The van der Waals surface area contributed by atoms with Gasteiger partial charge >= 0.3 is 0 Å². The van der Waals surface area contributed by atoms with E-state index in [4.69, 9.17) is 0 Å². The van der Waals surface area contributed by atoms with Crippen LogP contribution in [0.5, 0.6) is 0 Å². The molecule has 0 bridgehead atoms. The standard InChI is InChI=1S/C13H19BrN2/c1-13(2)7-12(9-16-13)15-8-10-4-3-5-11(14)6-10/h3-6,12,15-16H,7-9H2,1-2H3. The monoisotopic (exact) mass is 282 g/mol. The first-order valence-corrected chi connectivity index (χ1v) is 6.57. The van der Waals surface area contributed by atoms with Gasteiger partial charge in [-0.25, -0.2) is 0 Å². The highest BCUT2D eigenvalue weighted by atomic mass is 79.9. The first kappa shape index (κ1) is 12.1. The lowest BCUT2D eigenvalue weighted by Gasteiger charge is -2.17. The van der Waals surface area contributed by atoms with Crippen LogP contribution < -0.4 is 10.6 Å². The van der Waals surface area contributed by atoms with Crippen molar-refractivity contribution in [1.82, 2.24) is 10.6 Å². The highest BCUT2D eigenvalue weighted by molar-refractivity contribution is 9.10. The average molecular weight is 283 g/mol. The summed E-state index contributed by atoms with van der Waals surface area (Å²) in [6.45, 7) is 6.53. The lowest BCUT2D eigenvalue weighted by molar-refractivity contribution is 0.442. The van der Waals surface area contributed by atoms with Gasteiger partial charge in [0.1, 0.15) is 0 Å². The molecule has 2 nitrogen and oxygen atoms in total. The number of rotatable bonds is 3. The van der Waals surface area contributed by atoms with Crippen molar-refractivity contribution >= 4 is 15.9 Å². The van der Waals surface area contributed by atoms with E-state index in [1.807, 2.05) is 0 Å². The van der Waals surface area contributed by atoms with Crippen molar-refractivity contribution in [3.63, 3.8) is 0 Å². The lowest BCUT2D eigenvalue weighted by atomic mass is 10.0. The van der Waals surface area contributed by atoms with E-state index in [1.54, 1.807) is 0 Å². The third-order valence-electron chi connectivity index (χ3n) is 3.07. The second-order valence-electron chi connectivity index (χ2n) is 5.18. The van der Waals surface area contributed by atoms with Gasteiger partial charge in [0.15, 0.2) is 0 Å². The summed E-state index contributed by atoms with van der Waals surface area (Å²) in [7, 11) is 0. The summed E-state index contributed by atoms with van der Waals surface area (Å²) in [5.74, 6) is 0. The van der Waals surface area contributed by atoms with E-state index in [0.717, 1.165) is 17.6 Å². The maximum atomic E-state index is 3.60. The molecule has 0 aromatic heterocycles. The molecule has 1 unspecified atom stereocenters. The van der Waals surface area contributed by atoms with Crippen LogP contribution in [-0.4, -0.2) is 18.1 Å². The Morgan fingerprint density at radius 2 is 2.31 bits per heavy atom. The van der Waals surface area contributed by atoms with Crippen LogP contribution in [0.15, 0.2) is 28.7 Å². The van der Waals surface area contributed by atoms with Crippen LogP contribution in [0.25, 0.3) is 0 Å². The third kappa shape index (κ3) is 3.30. The van der Waals surface area contributed by atoms with E-state index in [2.05, 4.69) is 64.7 Å². The molecule has 1 saturated heterocycles.